The molecule has 0 unspecified atom stereocenters. The van der Waals surface area contributed by atoms with Gasteiger partial charge in [0.2, 0.25) is 5.91 Å². The summed E-state index contributed by atoms with van der Waals surface area (Å²) in [6.07, 6.45) is 2.60. The molecule has 20 heavy (non-hydrogen) atoms. The molecule has 3 N–H and O–H groups in total. The molecule has 10 heteroatoms. The average molecular weight is 281 g/mol. The summed E-state index contributed by atoms with van der Waals surface area (Å²) in [6, 6.07) is -0.619. The molecule has 0 saturated carbocycles. The first-order valence-corrected chi connectivity index (χ1v) is 5.58. The van der Waals surface area contributed by atoms with E-state index in [4.69, 9.17) is 5.11 Å². The van der Waals surface area contributed by atoms with E-state index in [1.54, 1.807) is 0 Å². The predicted octanol–water partition coefficient (Wildman–Crippen LogP) is -1.54. The van der Waals surface area contributed by atoms with Gasteiger partial charge < -0.3 is 15.7 Å². The van der Waals surface area contributed by atoms with Gasteiger partial charge in [0.25, 0.3) is 5.91 Å². The normalized spacial score (nSPS) is 14.3. The van der Waals surface area contributed by atoms with Crippen LogP contribution in [0.5, 0.6) is 0 Å². The Hall–Kier alpha value is -2.91. The zero-order valence-electron chi connectivity index (χ0n) is 10.2. The maximum Gasteiger partial charge on any atom is 0.325 e. The Kier molecular flexibility index (Phi) is 3.64. The van der Waals surface area contributed by atoms with Crippen molar-refractivity contribution in [2.24, 2.45) is 0 Å². The number of anilines is 1. The summed E-state index contributed by atoms with van der Waals surface area (Å²) in [5.74, 6) is -2.12. The fourth-order valence-electron chi connectivity index (χ4n) is 1.61. The molecule has 1 aliphatic rings. The Morgan fingerprint density at radius 2 is 2.15 bits per heavy atom. The summed E-state index contributed by atoms with van der Waals surface area (Å²) >= 11 is 0. The molecule has 2 rings (SSSR count). The van der Waals surface area contributed by atoms with Crippen LogP contribution in [0, 0.1) is 0 Å². The van der Waals surface area contributed by atoms with Gasteiger partial charge in [0, 0.05) is 6.20 Å². The molecule has 0 radical (unpaired) electrons. The number of imide groups is 1. The molecule has 1 aromatic heterocycles. The van der Waals surface area contributed by atoms with Crippen molar-refractivity contribution in [1.82, 2.24) is 20.0 Å². The van der Waals surface area contributed by atoms with Crippen molar-refractivity contribution in [3.05, 3.63) is 12.4 Å². The SMILES string of the molecule is O=C(O)Cn1cc(NC(=O)CN2C(=O)CNC2=O)cn1. The van der Waals surface area contributed by atoms with Gasteiger partial charge in [-0.25, -0.2) is 4.79 Å². The van der Waals surface area contributed by atoms with Crippen LogP contribution in [-0.4, -0.2) is 56.7 Å². The lowest BCUT2D eigenvalue weighted by atomic mass is 10.4. The van der Waals surface area contributed by atoms with Gasteiger partial charge in [-0.3, -0.25) is 24.0 Å². The number of urea groups is 1. The number of hydrogen-bond acceptors (Lipinski definition) is 5. The van der Waals surface area contributed by atoms with Crippen LogP contribution in [0.3, 0.4) is 0 Å². The van der Waals surface area contributed by atoms with Crippen molar-refractivity contribution in [2.75, 3.05) is 18.4 Å². The number of rotatable bonds is 5. The van der Waals surface area contributed by atoms with Gasteiger partial charge in [-0.1, -0.05) is 0 Å². The molecule has 2 heterocycles. The molecule has 0 aliphatic carbocycles. The van der Waals surface area contributed by atoms with Crippen molar-refractivity contribution in [3.8, 4) is 0 Å². The molecular formula is C10H11N5O5. The van der Waals surface area contributed by atoms with Gasteiger partial charge in [-0.15, -0.1) is 0 Å². The largest absolute Gasteiger partial charge is 0.480 e. The maximum atomic E-state index is 11.7. The summed E-state index contributed by atoms with van der Waals surface area (Å²) in [5, 5.41) is 17.0. The van der Waals surface area contributed by atoms with E-state index in [1.165, 1.54) is 12.4 Å². The lowest BCUT2D eigenvalue weighted by Crippen LogP contribution is -2.38. The van der Waals surface area contributed by atoms with E-state index in [0.29, 0.717) is 0 Å². The second kappa shape index (κ2) is 5.38. The third kappa shape index (κ3) is 3.10. The number of nitrogens with one attached hydrogen (secondary N) is 2. The maximum absolute atomic E-state index is 11.7. The van der Waals surface area contributed by atoms with E-state index in [1.807, 2.05) is 0 Å². The molecule has 0 atom stereocenters. The molecular weight excluding hydrogens is 270 g/mol. The number of amides is 4. The molecule has 1 aliphatic heterocycles. The Labute approximate surface area is 112 Å². The molecule has 0 bridgehead atoms. The highest BCUT2D eigenvalue weighted by Gasteiger charge is 2.30. The van der Waals surface area contributed by atoms with Crippen LogP contribution in [0.1, 0.15) is 0 Å². The van der Waals surface area contributed by atoms with Gasteiger partial charge in [0.15, 0.2) is 0 Å². The Balaban J connectivity index is 1.91. The number of carboxylic acid groups (broad SMARTS) is 1. The first kappa shape index (κ1) is 13.5. The topological polar surface area (TPSA) is 134 Å². The number of carboxylic acids is 1. The molecule has 1 saturated heterocycles. The van der Waals surface area contributed by atoms with Gasteiger partial charge >= 0.3 is 12.0 Å². The highest BCUT2D eigenvalue weighted by molar-refractivity contribution is 6.06. The third-order valence-electron chi connectivity index (χ3n) is 2.45. The van der Waals surface area contributed by atoms with Gasteiger partial charge in [-0.2, -0.15) is 5.10 Å². The first-order chi connectivity index (χ1) is 9.45. The lowest BCUT2D eigenvalue weighted by molar-refractivity contribution is -0.137. The Bertz CT molecular complexity index is 564. The molecule has 106 valence electrons. The number of aliphatic carboxylic acids is 1. The predicted molar refractivity (Wildman–Crippen MR) is 63.6 cm³/mol. The molecule has 10 nitrogen and oxygen atoms in total. The van der Waals surface area contributed by atoms with Crippen molar-refractivity contribution >= 4 is 29.5 Å². The first-order valence-electron chi connectivity index (χ1n) is 5.58. The van der Waals surface area contributed by atoms with Crippen LogP contribution in [-0.2, 0) is 20.9 Å². The molecule has 0 spiro atoms. The van der Waals surface area contributed by atoms with E-state index in [9.17, 15) is 19.2 Å². The summed E-state index contributed by atoms with van der Waals surface area (Å²) < 4.78 is 1.13. The monoisotopic (exact) mass is 281 g/mol. The standard InChI is InChI=1S/C10H11N5O5/c16-7(4-15-8(17)2-11-10(15)20)13-6-1-12-14(3-6)5-9(18)19/h1,3H,2,4-5H2,(H,11,20)(H,13,16)(H,18,19). The lowest BCUT2D eigenvalue weighted by Gasteiger charge is -2.11. The van der Waals surface area contributed by atoms with Crippen LogP contribution in [0.15, 0.2) is 12.4 Å². The van der Waals surface area contributed by atoms with Crippen LogP contribution < -0.4 is 10.6 Å². The highest BCUT2D eigenvalue weighted by Crippen LogP contribution is 2.06. The van der Waals surface area contributed by atoms with Crippen LogP contribution in [0.4, 0.5) is 10.5 Å². The van der Waals surface area contributed by atoms with Crippen molar-refractivity contribution < 1.29 is 24.3 Å². The van der Waals surface area contributed by atoms with Crippen LogP contribution in [0.25, 0.3) is 0 Å². The average Bonchev–Trinajstić information content (AvgIpc) is 2.90. The fraction of sp³-hybridized carbons (Fsp3) is 0.300. The van der Waals surface area contributed by atoms with Crippen molar-refractivity contribution in [3.63, 3.8) is 0 Å². The number of hydrogen-bond donors (Lipinski definition) is 3. The summed E-state index contributed by atoms with van der Waals surface area (Å²) in [6.45, 7) is -0.861. The van der Waals surface area contributed by atoms with E-state index >= 15 is 0 Å². The minimum atomic E-state index is -1.06. The summed E-state index contributed by atoms with van der Waals surface area (Å²) in [5.41, 5.74) is 0.281. The van der Waals surface area contributed by atoms with Crippen molar-refractivity contribution in [1.29, 1.82) is 0 Å². The molecule has 1 fully saturated rings. The second-order valence-corrected chi connectivity index (χ2v) is 4.01. The zero-order chi connectivity index (χ0) is 14.7. The van der Waals surface area contributed by atoms with Gasteiger partial charge in [-0.05, 0) is 0 Å². The highest BCUT2D eigenvalue weighted by atomic mass is 16.4. The minimum Gasteiger partial charge on any atom is -0.480 e. The zero-order valence-corrected chi connectivity index (χ0v) is 10.2. The smallest absolute Gasteiger partial charge is 0.325 e. The van der Waals surface area contributed by atoms with Gasteiger partial charge in [0.1, 0.15) is 13.1 Å². The van der Waals surface area contributed by atoms with E-state index in [2.05, 4.69) is 15.7 Å². The Morgan fingerprint density at radius 3 is 2.75 bits per heavy atom. The van der Waals surface area contributed by atoms with E-state index in [0.717, 1.165) is 9.58 Å². The quantitative estimate of drug-likeness (QED) is 0.560. The molecule has 4 amide bonds. The van der Waals surface area contributed by atoms with Crippen molar-refractivity contribution in [2.45, 2.75) is 6.54 Å². The fourth-order valence-corrected chi connectivity index (χ4v) is 1.61. The summed E-state index contributed by atoms with van der Waals surface area (Å²) in [7, 11) is 0. The number of aromatic nitrogens is 2. The number of nitrogens with zero attached hydrogens (tertiary/aromatic N) is 3. The number of carbonyl (C=O) groups excluding carboxylic acids is 3. The van der Waals surface area contributed by atoms with Crippen LogP contribution in [0.2, 0.25) is 0 Å². The van der Waals surface area contributed by atoms with E-state index < -0.39 is 30.4 Å². The second-order valence-electron chi connectivity index (χ2n) is 4.01. The molecule has 0 aromatic carbocycles. The minimum absolute atomic E-state index is 0.122. The van der Waals surface area contributed by atoms with Gasteiger partial charge in [0.05, 0.1) is 18.4 Å². The third-order valence-corrected chi connectivity index (χ3v) is 2.45. The Morgan fingerprint density at radius 1 is 1.40 bits per heavy atom. The van der Waals surface area contributed by atoms with Crippen LogP contribution >= 0.6 is 0 Å². The molecule has 1 aromatic rings. The summed E-state index contributed by atoms with van der Waals surface area (Å²) in [4.78, 5) is 45.4. The van der Waals surface area contributed by atoms with E-state index in [-0.39, 0.29) is 18.8 Å². The number of carbonyl (C=O) groups is 4.